The van der Waals surface area contributed by atoms with Crippen LogP contribution < -0.4 is 16.0 Å². The van der Waals surface area contributed by atoms with Crippen LogP contribution in [0.3, 0.4) is 0 Å². The average molecular weight is 276 g/mol. The number of hydrogen-bond acceptors (Lipinski definition) is 3. The van der Waals surface area contributed by atoms with E-state index < -0.39 is 0 Å². The summed E-state index contributed by atoms with van der Waals surface area (Å²) in [6.45, 7) is 5.26. The lowest BCUT2D eigenvalue weighted by Crippen LogP contribution is -2.58. The van der Waals surface area contributed by atoms with Crippen LogP contribution in [0.2, 0.25) is 0 Å². The molecule has 0 radical (unpaired) electrons. The highest BCUT2D eigenvalue weighted by atomic mass is 35.5. The summed E-state index contributed by atoms with van der Waals surface area (Å²) in [6.07, 6.45) is 2.16. The Labute approximate surface area is 114 Å². The van der Waals surface area contributed by atoms with Crippen molar-refractivity contribution in [1.29, 1.82) is 0 Å². The Balaban J connectivity index is 0.00000162. The normalized spacial score (nSPS) is 35.6. The van der Waals surface area contributed by atoms with Crippen LogP contribution in [-0.2, 0) is 9.59 Å². The van der Waals surface area contributed by atoms with Crippen LogP contribution in [0.15, 0.2) is 0 Å². The highest BCUT2D eigenvalue weighted by molar-refractivity contribution is 5.90. The van der Waals surface area contributed by atoms with Gasteiger partial charge in [0.1, 0.15) is 6.04 Å². The van der Waals surface area contributed by atoms with Gasteiger partial charge in [-0.25, -0.2) is 0 Å². The van der Waals surface area contributed by atoms with Crippen molar-refractivity contribution in [3.8, 4) is 0 Å². The molecule has 0 aromatic carbocycles. The molecule has 0 spiro atoms. The van der Waals surface area contributed by atoms with Crippen molar-refractivity contribution in [2.24, 2.45) is 5.92 Å². The molecule has 2 aliphatic rings. The van der Waals surface area contributed by atoms with Gasteiger partial charge >= 0.3 is 0 Å². The SMILES string of the molecule is CC1CCNC(C)C1NC(=O)[C@H]1CCC(=O)N1.Cl. The average Bonchev–Trinajstić information content (AvgIpc) is 2.70. The number of carbonyl (C=O) groups is 2. The van der Waals surface area contributed by atoms with Crippen molar-refractivity contribution < 1.29 is 9.59 Å². The van der Waals surface area contributed by atoms with Crippen molar-refractivity contribution in [1.82, 2.24) is 16.0 Å². The third-order valence-electron chi connectivity index (χ3n) is 3.84. The van der Waals surface area contributed by atoms with Gasteiger partial charge in [-0.15, -0.1) is 12.4 Å². The quantitative estimate of drug-likeness (QED) is 0.674. The molecule has 104 valence electrons. The summed E-state index contributed by atoms with van der Waals surface area (Å²) in [7, 11) is 0. The zero-order valence-corrected chi connectivity index (χ0v) is 11.7. The number of nitrogens with one attached hydrogen (secondary N) is 3. The maximum absolute atomic E-state index is 12.0. The first-order chi connectivity index (χ1) is 8.08. The summed E-state index contributed by atoms with van der Waals surface area (Å²) in [4.78, 5) is 23.1. The van der Waals surface area contributed by atoms with Gasteiger partial charge in [-0.05, 0) is 32.2 Å². The molecule has 3 N–H and O–H groups in total. The van der Waals surface area contributed by atoms with E-state index in [1.165, 1.54) is 0 Å². The predicted molar refractivity (Wildman–Crippen MR) is 71.6 cm³/mol. The number of rotatable bonds is 2. The van der Waals surface area contributed by atoms with Gasteiger partial charge in [0.2, 0.25) is 11.8 Å². The minimum atomic E-state index is -0.330. The molecule has 2 heterocycles. The second-order valence-electron chi connectivity index (χ2n) is 5.20. The number of piperidine rings is 1. The van der Waals surface area contributed by atoms with Crippen molar-refractivity contribution in [3.05, 3.63) is 0 Å². The Morgan fingerprint density at radius 1 is 1.33 bits per heavy atom. The van der Waals surface area contributed by atoms with E-state index in [0.29, 0.717) is 24.8 Å². The topological polar surface area (TPSA) is 70.2 Å². The van der Waals surface area contributed by atoms with Crippen molar-refractivity contribution >= 4 is 24.2 Å². The molecular weight excluding hydrogens is 254 g/mol. The second kappa shape index (κ2) is 6.38. The maximum atomic E-state index is 12.0. The van der Waals surface area contributed by atoms with E-state index in [0.717, 1.165) is 13.0 Å². The lowest BCUT2D eigenvalue weighted by Gasteiger charge is -2.36. The summed E-state index contributed by atoms with van der Waals surface area (Å²) in [5.41, 5.74) is 0. The van der Waals surface area contributed by atoms with Crippen molar-refractivity contribution in [2.75, 3.05) is 6.54 Å². The van der Waals surface area contributed by atoms with Crippen molar-refractivity contribution in [3.63, 3.8) is 0 Å². The lowest BCUT2D eigenvalue weighted by atomic mass is 9.89. The number of hydrogen-bond donors (Lipinski definition) is 3. The third kappa shape index (κ3) is 3.36. The fourth-order valence-corrected chi connectivity index (χ4v) is 2.68. The minimum Gasteiger partial charge on any atom is -0.350 e. The van der Waals surface area contributed by atoms with Crippen LogP contribution in [0.4, 0.5) is 0 Å². The Morgan fingerprint density at radius 3 is 2.61 bits per heavy atom. The van der Waals surface area contributed by atoms with Crippen molar-refractivity contribution in [2.45, 2.75) is 51.2 Å². The van der Waals surface area contributed by atoms with Gasteiger partial charge in [-0.1, -0.05) is 6.92 Å². The van der Waals surface area contributed by atoms with E-state index in [1.54, 1.807) is 0 Å². The fourth-order valence-electron chi connectivity index (χ4n) is 2.68. The van der Waals surface area contributed by atoms with Crippen LogP contribution in [0, 0.1) is 5.92 Å². The Morgan fingerprint density at radius 2 is 2.06 bits per heavy atom. The monoisotopic (exact) mass is 275 g/mol. The molecule has 2 rings (SSSR count). The van der Waals surface area contributed by atoms with Gasteiger partial charge in [0.25, 0.3) is 0 Å². The minimum absolute atomic E-state index is 0. The molecule has 6 heteroatoms. The van der Waals surface area contributed by atoms with Crippen LogP contribution >= 0.6 is 12.4 Å². The molecule has 3 unspecified atom stereocenters. The Kier molecular flexibility index (Phi) is 5.41. The number of amides is 2. The van der Waals surface area contributed by atoms with E-state index in [9.17, 15) is 9.59 Å². The van der Waals surface area contributed by atoms with Crippen LogP contribution in [0.5, 0.6) is 0 Å². The van der Waals surface area contributed by atoms with Crippen LogP contribution in [0.25, 0.3) is 0 Å². The van der Waals surface area contributed by atoms with Gasteiger partial charge in [-0.3, -0.25) is 9.59 Å². The molecule has 2 saturated heterocycles. The van der Waals surface area contributed by atoms with E-state index >= 15 is 0 Å². The number of halogens is 1. The zero-order valence-electron chi connectivity index (χ0n) is 10.9. The highest BCUT2D eigenvalue weighted by Crippen LogP contribution is 2.17. The van der Waals surface area contributed by atoms with Crippen LogP contribution in [0.1, 0.15) is 33.1 Å². The van der Waals surface area contributed by atoms with Gasteiger partial charge in [-0.2, -0.15) is 0 Å². The fraction of sp³-hybridized carbons (Fsp3) is 0.833. The first-order valence-corrected chi connectivity index (χ1v) is 6.41. The standard InChI is InChI=1S/C12H21N3O2.ClH/c1-7-5-6-13-8(2)11(7)15-12(17)9-3-4-10(16)14-9;/h7-9,11,13H,3-6H2,1-2H3,(H,14,16)(H,15,17);1H/t7?,8?,9-,11?;/m1./s1. The van der Waals surface area contributed by atoms with E-state index in [4.69, 9.17) is 0 Å². The molecule has 0 bridgehead atoms. The Bertz CT molecular complexity index is 314. The largest absolute Gasteiger partial charge is 0.350 e. The molecular formula is C12H22ClN3O2. The highest BCUT2D eigenvalue weighted by Gasteiger charge is 2.33. The summed E-state index contributed by atoms with van der Waals surface area (Å²) in [5, 5.41) is 9.13. The molecule has 18 heavy (non-hydrogen) atoms. The van der Waals surface area contributed by atoms with Gasteiger partial charge in [0, 0.05) is 18.5 Å². The maximum Gasteiger partial charge on any atom is 0.242 e. The molecule has 0 aromatic heterocycles. The molecule has 0 saturated carbocycles. The smallest absolute Gasteiger partial charge is 0.242 e. The lowest BCUT2D eigenvalue weighted by molar-refractivity contribution is -0.126. The van der Waals surface area contributed by atoms with Gasteiger partial charge in [0.15, 0.2) is 0 Å². The van der Waals surface area contributed by atoms with Crippen LogP contribution in [-0.4, -0.2) is 36.5 Å². The predicted octanol–water partition coefficient (Wildman–Crippen LogP) is 0.190. The molecule has 2 aliphatic heterocycles. The summed E-state index contributed by atoms with van der Waals surface area (Å²) < 4.78 is 0. The zero-order chi connectivity index (χ0) is 12.4. The molecule has 2 amide bonds. The van der Waals surface area contributed by atoms with E-state index in [1.807, 2.05) is 0 Å². The summed E-state index contributed by atoms with van der Waals surface area (Å²) >= 11 is 0. The Hall–Kier alpha value is -0.810. The third-order valence-corrected chi connectivity index (χ3v) is 3.84. The first kappa shape index (κ1) is 15.2. The molecule has 0 aliphatic carbocycles. The molecule has 2 fully saturated rings. The first-order valence-electron chi connectivity index (χ1n) is 6.41. The second-order valence-corrected chi connectivity index (χ2v) is 5.20. The number of carbonyl (C=O) groups excluding carboxylic acids is 2. The molecule has 0 aromatic rings. The van der Waals surface area contributed by atoms with E-state index in [-0.39, 0.29) is 36.3 Å². The van der Waals surface area contributed by atoms with E-state index in [2.05, 4.69) is 29.8 Å². The summed E-state index contributed by atoms with van der Waals surface area (Å²) in [5.74, 6) is 0.420. The van der Waals surface area contributed by atoms with Gasteiger partial charge in [0.05, 0.1) is 0 Å². The van der Waals surface area contributed by atoms with Gasteiger partial charge < -0.3 is 16.0 Å². The molecule has 5 nitrogen and oxygen atoms in total. The molecule has 4 atom stereocenters. The summed E-state index contributed by atoms with van der Waals surface area (Å²) in [6, 6.07) is 0.123.